The third-order valence-corrected chi connectivity index (χ3v) is 6.09. The molecule has 1 amide bonds. The molecule has 0 aromatic carbocycles. The van der Waals surface area contributed by atoms with Gasteiger partial charge in [-0.2, -0.15) is 0 Å². The molecule has 0 unspecified atom stereocenters. The van der Waals surface area contributed by atoms with Crippen molar-refractivity contribution in [3.63, 3.8) is 0 Å². The second-order valence-corrected chi connectivity index (χ2v) is 7.02. The Morgan fingerprint density at radius 1 is 1.23 bits per heavy atom. The lowest BCUT2D eigenvalue weighted by atomic mass is 10.2. The summed E-state index contributed by atoms with van der Waals surface area (Å²) in [7, 11) is 0. The van der Waals surface area contributed by atoms with Crippen molar-refractivity contribution in [2.45, 2.75) is 27.6 Å². The molecular formula is C15H13N3O2S2. The average Bonchev–Trinajstić information content (AvgIpc) is 2.55. The molecule has 5 nitrogen and oxygen atoms in total. The molecule has 4 heterocycles. The maximum absolute atomic E-state index is 12.5. The van der Waals surface area contributed by atoms with Crippen molar-refractivity contribution in [2.75, 3.05) is 6.61 Å². The highest BCUT2D eigenvalue weighted by atomic mass is 32.2. The fourth-order valence-electron chi connectivity index (χ4n) is 2.63. The molecule has 0 N–H and O–H groups in total. The van der Waals surface area contributed by atoms with Crippen molar-refractivity contribution in [1.29, 1.82) is 0 Å². The van der Waals surface area contributed by atoms with Crippen LogP contribution in [0.5, 0.6) is 0 Å². The number of fused-ring (bicyclic) bond motifs is 6. The van der Waals surface area contributed by atoms with E-state index < -0.39 is 0 Å². The Hall–Kier alpha value is -1.73. The summed E-state index contributed by atoms with van der Waals surface area (Å²) in [5.41, 5.74) is 1.95. The van der Waals surface area contributed by atoms with E-state index >= 15 is 0 Å². The van der Waals surface area contributed by atoms with Gasteiger partial charge in [-0.1, -0.05) is 29.6 Å². The average molecular weight is 331 g/mol. The van der Waals surface area contributed by atoms with Crippen LogP contribution in [0.2, 0.25) is 0 Å². The number of thioether (sulfide) groups is 2. The highest BCUT2D eigenvalue weighted by Crippen LogP contribution is 2.59. The Kier molecular flexibility index (Phi) is 3.46. The summed E-state index contributed by atoms with van der Waals surface area (Å²) < 4.78 is 5.26. The SMILES string of the molecule is CCOC(=O)N1[C@@H]2Sc3cccnc3[C@@H]1Sc1ncccc12. The molecule has 2 aromatic rings. The Labute approximate surface area is 136 Å². The topological polar surface area (TPSA) is 55.3 Å². The normalized spacial score (nSPS) is 21.8. The van der Waals surface area contributed by atoms with Crippen LogP contribution < -0.4 is 0 Å². The van der Waals surface area contributed by atoms with E-state index in [1.807, 2.05) is 25.1 Å². The van der Waals surface area contributed by atoms with Gasteiger partial charge in [-0.25, -0.2) is 9.78 Å². The first-order chi connectivity index (χ1) is 10.8. The monoisotopic (exact) mass is 331 g/mol. The van der Waals surface area contributed by atoms with E-state index in [1.165, 1.54) is 0 Å². The first-order valence-electron chi connectivity index (χ1n) is 6.98. The largest absolute Gasteiger partial charge is 0.450 e. The maximum atomic E-state index is 12.5. The summed E-state index contributed by atoms with van der Waals surface area (Å²) in [5.74, 6) is 0. The van der Waals surface area contributed by atoms with E-state index in [0.29, 0.717) is 6.61 Å². The zero-order chi connectivity index (χ0) is 15.1. The number of pyridine rings is 2. The number of nitrogens with zero attached hydrogens (tertiary/aromatic N) is 3. The molecule has 0 radical (unpaired) electrons. The molecular weight excluding hydrogens is 318 g/mol. The molecule has 2 aliphatic heterocycles. The van der Waals surface area contributed by atoms with Gasteiger partial charge >= 0.3 is 6.09 Å². The Bertz CT molecular complexity index is 687. The summed E-state index contributed by atoms with van der Waals surface area (Å²) in [6.45, 7) is 2.18. The smallest absolute Gasteiger partial charge is 0.412 e. The van der Waals surface area contributed by atoms with Crippen LogP contribution in [-0.4, -0.2) is 27.6 Å². The van der Waals surface area contributed by atoms with Crippen LogP contribution >= 0.6 is 23.5 Å². The van der Waals surface area contributed by atoms with Gasteiger partial charge in [0.15, 0.2) is 0 Å². The molecule has 0 spiro atoms. The van der Waals surface area contributed by atoms with Gasteiger partial charge in [0.2, 0.25) is 0 Å². The van der Waals surface area contributed by atoms with Crippen LogP contribution in [-0.2, 0) is 4.74 Å². The molecule has 2 bridgehead atoms. The maximum Gasteiger partial charge on any atom is 0.412 e. The van der Waals surface area contributed by atoms with Gasteiger partial charge in [-0.05, 0) is 25.1 Å². The van der Waals surface area contributed by atoms with Crippen molar-refractivity contribution >= 4 is 29.6 Å². The third kappa shape index (κ3) is 2.07. The molecule has 0 saturated carbocycles. The lowest BCUT2D eigenvalue weighted by Gasteiger charge is -2.44. The molecule has 2 atom stereocenters. The van der Waals surface area contributed by atoms with Crippen LogP contribution in [0.15, 0.2) is 46.6 Å². The number of ether oxygens (including phenoxy) is 1. The van der Waals surface area contributed by atoms with Crippen LogP contribution in [0.4, 0.5) is 4.79 Å². The van der Waals surface area contributed by atoms with E-state index in [2.05, 4.69) is 16.0 Å². The van der Waals surface area contributed by atoms with E-state index in [0.717, 1.165) is 21.2 Å². The van der Waals surface area contributed by atoms with Gasteiger partial charge in [0.25, 0.3) is 0 Å². The third-order valence-electron chi connectivity index (χ3n) is 3.55. The molecule has 22 heavy (non-hydrogen) atoms. The molecule has 2 aliphatic rings. The van der Waals surface area contributed by atoms with E-state index in [4.69, 9.17) is 4.74 Å². The number of rotatable bonds is 1. The second-order valence-electron chi connectivity index (χ2n) is 4.83. The van der Waals surface area contributed by atoms with Crippen LogP contribution in [0.25, 0.3) is 0 Å². The van der Waals surface area contributed by atoms with Gasteiger partial charge in [0.1, 0.15) is 15.8 Å². The number of hydrogen-bond donors (Lipinski definition) is 0. The van der Waals surface area contributed by atoms with E-state index in [-0.39, 0.29) is 16.8 Å². The van der Waals surface area contributed by atoms with Gasteiger partial charge in [0, 0.05) is 22.9 Å². The summed E-state index contributed by atoms with van der Waals surface area (Å²) >= 11 is 3.18. The minimum Gasteiger partial charge on any atom is -0.450 e. The van der Waals surface area contributed by atoms with Gasteiger partial charge in [0.05, 0.1) is 12.3 Å². The van der Waals surface area contributed by atoms with Crippen molar-refractivity contribution in [3.8, 4) is 0 Å². The lowest BCUT2D eigenvalue weighted by molar-refractivity contribution is 0.0950. The Morgan fingerprint density at radius 3 is 2.91 bits per heavy atom. The summed E-state index contributed by atoms with van der Waals surface area (Å²) in [6, 6.07) is 7.91. The number of aromatic nitrogens is 2. The van der Waals surface area contributed by atoms with Crippen molar-refractivity contribution in [1.82, 2.24) is 14.9 Å². The van der Waals surface area contributed by atoms with Gasteiger partial charge < -0.3 is 4.74 Å². The fourth-order valence-corrected chi connectivity index (χ4v) is 5.45. The predicted octanol–water partition coefficient (Wildman–Crippen LogP) is 3.84. The fraction of sp³-hybridized carbons (Fsp3) is 0.267. The van der Waals surface area contributed by atoms with E-state index in [1.54, 1.807) is 40.8 Å². The highest BCUT2D eigenvalue weighted by molar-refractivity contribution is 8.01. The zero-order valence-corrected chi connectivity index (χ0v) is 13.4. The molecule has 0 fully saturated rings. The Morgan fingerprint density at radius 2 is 2.05 bits per heavy atom. The van der Waals surface area contributed by atoms with E-state index in [9.17, 15) is 4.79 Å². The van der Waals surface area contributed by atoms with Gasteiger partial charge in [-0.3, -0.25) is 9.88 Å². The zero-order valence-electron chi connectivity index (χ0n) is 11.8. The quantitative estimate of drug-likeness (QED) is 0.791. The first-order valence-corrected chi connectivity index (χ1v) is 8.73. The van der Waals surface area contributed by atoms with Crippen LogP contribution in [0, 0.1) is 0 Å². The summed E-state index contributed by atoms with van der Waals surface area (Å²) in [5, 5.41) is 0.649. The van der Waals surface area contributed by atoms with Gasteiger partial charge in [-0.15, -0.1) is 0 Å². The summed E-state index contributed by atoms with van der Waals surface area (Å²) in [4.78, 5) is 24.3. The minimum atomic E-state index is -0.302. The molecule has 0 saturated heterocycles. The lowest BCUT2D eigenvalue weighted by Crippen LogP contribution is -2.41. The van der Waals surface area contributed by atoms with Crippen molar-refractivity contribution in [3.05, 3.63) is 47.9 Å². The van der Waals surface area contributed by atoms with Crippen LogP contribution in [0.1, 0.15) is 28.9 Å². The molecule has 2 aromatic heterocycles. The molecule has 112 valence electrons. The highest BCUT2D eigenvalue weighted by Gasteiger charge is 2.46. The Balaban J connectivity index is 1.85. The number of hydrogen-bond acceptors (Lipinski definition) is 6. The molecule has 0 aliphatic carbocycles. The molecule has 7 heteroatoms. The first kappa shape index (κ1) is 13.9. The van der Waals surface area contributed by atoms with Crippen molar-refractivity contribution < 1.29 is 9.53 Å². The predicted molar refractivity (Wildman–Crippen MR) is 84.5 cm³/mol. The van der Waals surface area contributed by atoms with Crippen LogP contribution in [0.3, 0.4) is 0 Å². The summed E-state index contributed by atoms with van der Waals surface area (Å²) in [6.07, 6.45) is 3.24. The standard InChI is InChI=1S/C15H13N3O2S2/c1-2-20-15(19)18-13-9-5-3-8-17-12(9)22-14(18)11-10(21-13)6-4-7-16-11/h3-8,13-14H,2H2,1H3/t13-,14+/m1/s1. The number of carbonyl (C=O) groups excluding carboxylic acids is 1. The minimum absolute atomic E-state index is 0.120. The van der Waals surface area contributed by atoms with Crippen molar-refractivity contribution in [2.24, 2.45) is 0 Å². The molecule has 4 rings (SSSR count). The second kappa shape index (κ2) is 5.48. The number of amides is 1. The number of carbonyl (C=O) groups is 1.